The van der Waals surface area contributed by atoms with E-state index in [1.165, 1.54) is 31.5 Å². The number of ether oxygens (including phenoxy) is 1. The van der Waals surface area contributed by atoms with Crippen molar-refractivity contribution in [2.45, 2.75) is 39.0 Å². The van der Waals surface area contributed by atoms with E-state index in [0.717, 1.165) is 30.0 Å². The topological polar surface area (TPSA) is 24.5 Å². The summed E-state index contributed by atoms with van der Waals surface area (Å²) >= 11 is 12.3. The van der Waals surface area contributed by atoms with Crippen molar-refractivity contribution < 1.29 is 9.13 Å². The molecule has 27 heavy (non-hydrogen) atoms. The van der Waals surface area contributed by atoms with E-state index in [-0.39, 0.29) is 12.4 Å². The van der Waals surface area contributed by atoms with E-state index in [4.69, 9.17) is 27.9 Å². The second-order valence-corrected chi connectivity index (χ2v) is 7.68. The Labute approximate surface area is 170 Å². The second-order valence-electron chi connectivity index (χ2n) is 6.83. The van der Waals surface area contributed by atoms with Crippen LogP contribution in [0.1, 0.15) is 30.9 Å². The Kier molecular flexibility index (Phi) is 7.36. The van der Waals surface area contributed by atoms with Gasteiger partial charge in [0.1, 0.15) is 18.2 Å². The lowest BCUT2D eigenvalue weighted by atomic mass is 10.1. The third-order valence-corrected chi connectivity index (χ3v) is 5.61. The number of likely N-dealkylation sites (N-methyl/N-ethyl adjacent to an activating group) is 1. The number of hydrogen-bond donors (Lipinski definition) is 1. The zero-order valence-electron chi connectivity index (χ0n) is 15.5. The van der Waals surface area contributed by atoms with Gasteiger partial charge in [0.25, 0.3) is 0 Å². The number of rotatable bonds is 8. The molecule has 1 aliphatic rings. The first-order chi connectivity index (χ1) is 13.1. The van der Waals surface area contributed by atoms with E-state index in [2.05, 4.69) is 17.1 Å². The van der Waals surface area contributed by atoms with E-state index >= 15 is 0 Å². The Morgan fingerprint density at radius 1 is 1.19 bits per heavy atom. The van der Waals surface area contributed by atoms with Gasteiger partial charge in [-0.25, -0.2) is 4.39 Å². The maximum atomic E-state index is 13.2. The van der Waals surface area contributed by atoms with Crippen LogP contribution in [-0.4, -0.2) is 30.6 Å². The Balaban J connectivity index is 1.60. The molecular weight excluding hydrogens is 386 g/mol. The third kappa shape index (κ3) is 5.58. The largest absolute Gasteiger partial charge is 0.489 e. The molecule has 3 rings (SSSR count). The summed E-state index contributed by atoms with van der Waals surface area (Å²) in [7, 11) is 0. The van der Waals surface area contributed by atoms with Crippen LogP contribution >= 0.6 is 23.2 Å². The SMILES string of the molecule is CCN1CCC[C@H]1CNCc1cc(Cl)ccc1OCc1ccc(F)cc1Cl. The van der Waals surface area contributed by atoms with E-state index in [1.54, 1.807) is 6.07 Å². The molecule has 0 radical (unpaired) electrons. The molecule has 0 amide bonds. The molecule has 1 N–H and O–H groups in total. The van der Waals surface area contributed by atoms with Crippen LogP contribution in [0.3, 0.4) is 0 Å². The highest BCUT2D eigenvalue weighted by Gasteiger charge is 2.22. The minimum absolute atomic E-state index is 0.278. The van der Waals surface area contributed by atoms with E-state index in [9.17, 15) is 4.39 Å². The first-order valence-electron chi connectivity index (χ1n) is 9.36. The highest BCUT2D eigenvalue weighted by Crippen LogP contribution is 2.26. The van der Waals surface area contributed by atoms with Crippen LogP contribution in [0.2, 0.25) is 10.0 Å². The Hall–Kier alpha value is -1.33. The summed E-state index contributed by atoms with van der Waals surface area (Å²) < 4.78 is 19.1. The molecule has 0 saturated carbocycles. The second kappa shape index (κ2) is 9.74. The summed E-state index contributed by atoms with van der Waals surface area (Å²) in [6.07, 6.45) is 2.51. The van der Waals surface area contributed by atoms with Crippen LogP contribution in [0.5, 0.6) is 5.75 Å². The zero-order valence-corrected chi connectivity index (χ0v) is 17.0. The van der Waals surface area contributed by atoms with Crippen LogP contribution in [0.25, 0.3) is 0 Å². The van der Waals surface area contributed by atoms with Gasteiger partial charge in [0, 0.05) is 35.3 Å². The van der Waals surface area contributed by atoms with Gasteiger partial charge in [0.05, 0.1) is 5.02 Å². The monoisotopic (exact) mass is 410 g/mol. The molecular formula is C21H25Cl2FN2O. The van der Waals surface area contributed by atoms with E-state index in [1.807, 2.05) is 18.2 Å². The zero-order chi connectivity index (χ0) is 19.2. The van der Waals surface area contributed by atoms with Gasteiger partial charge < -0.3 is 10.1 Å². The van der Waals surface area contributed by atoms with Crippen molar-refractivity contribution in [1.82, 2.24) is 10.2 Å². The normalized spacial score (nSPS) is 17.4. The number of likely N-dealkylation sites (tertiary alicyclic amines) is 1. The lowest BCUT2D eigenvalue weighted by Crippen LogP contribution is -2.37. The van der Waals surface area contributed by atoms with Gasteiger partial charge >= 0.3 is 0 Å². The molecule has 3 nitrogen and oxygen atoms in total. The third-order valence-electron chi connectivity index (χ3n) is 5.02. The Bertz CT molecular complexity index is 772. The van der Waals surface area contributed by atoms with Crippen molar-refractivity contribution in [1.29, 1.82) is 0 Å². The first-order valence-corrected chi connectivity index (χ1v) is 10.1. The molecule has 1 saturated heterocycles. The first kappa shape index (κ1) is 20.4. The van der Waals surface area contributed by atoms with Crippen LogP contribution in [0, 0.1) is 5.82 Å². The van der Waals surface area contributed by atoms with Crippen LogP contribution in [0.4, 0.5) is 4.39 Å². The number of benzene rings is 2. The van der Waals surface area contributed by atoms with Gasteiger partial charge in [-0.05, 0) is 56.3 Å². The van der Waals surface area contributed by atoms with Crippen LogP contribution in [-0.2, 0) is 13.2 Å². The van der Waals surface area contributed by atoms with Gasteiger partial charge in [-0.3, -0.25) is 4.90 Å². The Morgan fingerprint density at radius 3 is 2.81 bits per heavy atom. The standard InChI is InChI=1S/C21H25Cl2FN2O/c1-2-26-9-3-4-19(26)13-25-12-16-10-17(22)6-8-21(16)27-14-15-5-7-18(24)11-20(15)23/h5-8,10-11,19,25H,2-4,9,12-14H2,1H3/t19-/m0/s1. The Morgan fingerprint density at radius 2 is 2.04 bits per heavy atom. The molecule has 2 aromatic rings. The fourth-order valence-electron chi connectivity index (χ4n) is 3.54. The summed E-state index contributed by atoms with van der Waals surface area (Å²) in [6, 6.07) is 10.5. The highest BCUT2D eigenvalue weighted by molar-refractivity contribution is 6.31. The molecule has 1 atom stereocenters. The maximum Gasteiger partial charge on any atom is 0.124 e. The van der Waals surface area contributed by atoms with Gasteiger partial charge in [0.15, 0.2) is 0 Å². The summed E-state index contributed by atoms with van der Waals surface area (Å²) in [5.41, 5.74) is 1.75. The number of hydrogen-bond acceptors (Lipinski definition) is 3. The maximum absolute atomic E-state index is 13.2. The summed E-state index contributed by atoms with van der Waals surface area (Å²) in [5, 5.41) is 4.58. The highest BCUT2D eigenvalue weighted by atomic mass is 35.5. The van der Waals surface area contributed by atoms with E-state index < -0.39 is 0 Å². The number of nitrogens with zero attached hydrogens (tertiary/aromatic N) is 1. The van der Waals surface area contributed by atoms with Crippen molar-refractivity contribution in [2.24, 2.45) is 0 Å². The average molecular weight is 411 g/mol. The molecule has 1 fully saturated rings. The smallest absolute Gasteiger partial charge is 0.124 e. The molecule has 1 aliphatic heterocycles. The van der Waals surface area contributed by atoms with Crippen LogP contribution in [0.15, 0.2) is 36.4 Å². The van der Waals surface area contributed by atoms with Gasteiger partial charge in [-0.1, -0.05) is 36.2 Å². The molecule has 6 heteroatoms. The molecule has 0 bridgehead atoms. The van der Waals surface area contributed by atoms with Crippen molar-refractivity contribution in [3.05, 3.63) is 63.4 Å². The van der Waals surface area contributed by atoms with Crippen molar-refractivity contribution >= 4 is 23.2 Å². The molecule has 1 heterocycles. The minimum atomic E-state index is -0.354. The number of nitrogens with one attached hydrogen (secondary N) is 1. The van der Waals surface area contributed by atoms with Crippen LogP contribution < -0.4 is 10.1 Å². The predicted octanol–water partition coefficient (Wildman–Crippen LogP) is 5.29. The molecule has 0 spiro atoms. The summed E-state index contributed by atoms with van der Waals surface area (Å²) in [5.74, 6) is 0.402. The van der Waals surface area contributed by atoms with Gasteiger partial charge in [-0.2, -0.15) is 0 Å². The molecule has 0 aliphatic carbocycles. The average Bonchev–Trinajstić information content (AvgIpc) is 3.10. The van der Waals surface area contributed by atoms with Gasteiger partial charge in [-0.15, -0.1) is 0 Å². The summed E-state index contributed by atoms with van der Waals surface area (Å²) in [6.45, 7) is 6.40. The van der Waals surface area contributed by atoms with Crippen molar-refractivity contribution in [3.63, 3.8) is 0 Å². The summed E-state index contributed by atoms with van der Waals surface area (Å²) in [4.78, 5) is 2.51. The molecule has 146 valence electrons. The predicted molar refractivity (Wildman–Crippen MR) is 109 cm³/mol. The molecule has 2 aromatic carbocycles. The van der Waals surface area contributed by atoms with Crippen molar-refractivity contribution in [2.75, 3.05) is 19.6 Å². The van der Waals surface area contributed by atoms with Gasteiger partial charge in [0.2, 0.25) is 0 Å². The quantitative estimate of drug-likeness (QED) is 0.639. The molecule has 0 unspecified atom stereocenters. The fraction of sp³-hybridized carbons (Fsp3) is 0.429. The fourth-order valence-corrected chi connectivity index (χ4v) is 3.95. The number of halogens is 3. The lowest BCUT2D eigenvalue weighted by molar-refractivity contribution is 0.259. The molecule has 0 aromatic heterocycles. The van der Waals surface area contributed by atoms with E-state index in [0.29, 0.717) is 22.6 Å². The lowest BCUT2D eigenvalue weighted by Gasteiger charge is -2.23. The van der Waals surface area contributed by atoms with Crippen molar-refractivity contribution in [3.8, 4) is 5.75 Å². The minimum Gasteiger partial charge on any atom is -0.489 e.